The normalized spacial score (nSPS) is 16.2. The van der Waals surface area contributed by atoms with Crippen LogP contribution in [0, 0.1) is 0 Å². The lowest BCUT2D eigenvalue weighted by Crippen LogP contribution is -2.46. The Balaban J connectivity index is 1.50. The minimum absolute atomic E-state index is 0.194. The topological polar surface area (TPSA) is 109 Å². The van der Waals surface area contributed by atoms with Gasteiger partial charge in [0.1, 0.15) is 6.26 Å². The molecule has 146 valence electrons. The minimum Gasteiger partial charge on any atom is -0.444 e. The highest BCUT2D eigenvalue weighted by Gasteiger charge is 2.31. The monoisotopic (exact) mass is 389 g/mol. The molecule has 3 amide bonds. The summed E-state index contributed by atoms with van der Waals surface area (Å²) < 4.78 is 5.50. The first kappa shape index (κ1) is 18.4. The maximum Gasteiger partial charge on any atom is 0.319 e. The number of carbonyl (C=O) groups excluding carboxylic acids is 2. The number of rotatable bonds is 5. The Morgan fingerprint density at radius 1 is 1.21 bits per heavy atom. The molecule has 1 aliphatic heterocycles. The van der Waals surface area contributed by atoms with Gasteiger partial charge in [0.2, 0.25) is 5.89 Å². The first-order valence-electron chi connectivity index (χ1n) is 9.08. The average molecular weight is 389 g/mol. The Morgan fingerprint density at radius 3 is 2.79 bits per heavy atom. The molecule has 1 aliphatic rings. The van der Waals surface area contributed by atoms with Gasteiger partial charge in [0, 0.05) is 23.7 Å². The van der Waals surface area contributed by atoms with Gasteiger partial charge in [-0.15, -0.1) is 0 Å². The Labute approximate surface area is 167 Å². The van der Waals surface area contributed by atoms with E-state index in [-0.39, 0.29) is 18.5 Å². The molecule has 0 unspecified atom stereocenters. The number of hydrogen-bond donors (Lipinski definition) is 3. The highest BCUT2D eigenvalue weighted by atomic mass is 16.3. The predicted octanol–water partition coefficient (Wildman–Crippen LogP) is 2.68. The molecule has 4 rings (SSSR count). The van der Waals surface area contributed by atoms with Crippen molar-refractivity contribution in [2.75, 3.05) is 0 Å². The van der Waals surface area contributed by atoms with Crippen LogP contribution in [0.4, 0.5) is 4.79 Å². The Kier molecular flexibility index (Phi) is 5.07. The zero-order chi connectivity index (χ0) is 20.2. The van der Waals surface area contributed by atoms with E-state index in [1.807, 2.05) is 36.4 Å². The van der Waals surface area contributed by atoms with Crippen LogP contribution in [-0.4, -0.2) is 21.9 Å². The zero-order valence-electron chi connectivity index (χ0n) is 15.7. The van der Waals surface area contributed by atoms with Crippen LogP contribution in [0.5, 0.6) is 0 Å². The van der Waals surface area contributed by atoms with E-state index in [4.69, 9.17) is 4.42 Å². The fourth-order valence-corrected chi connectivity index (χ4v) is 3.16. The molecule has 0 radical (unpaired) electrons. The maximum absolute atomic E-state index is 12.9. The van der Waals surface area contributed by atoms with Crippen molar-refractivity contribution in [2.24, 2.45) is 0 Å². The lowest BCUT2D eigenvalue weighted by atomic mass is 9.96. The lowest BCUT2D eigenvalue weighted by Gasteiger charge is -2.28. The number of nitrogens with zero attached hydrogens (tertiary/aromatic N) is 2. The van der Waals surface area contributed by atoms with E-state index in [0.717, 1.165) is 11.1 Å². The largest absolute Gasteiger partial charge is 0.444 e. The summed E-state index contributed by atoms with van der Waals surface area (Å²) in [5.41, 5.74) is 3.09. The molecule has 3 N–H and O–H groups in total. The van der Waals surface area contributed by atoms with Gasteiger partial charge in [0.25, 0.3) is 5.91 Å². The van der Waals surface area contributed by atoms with Crippen LogP contribution >= 0.6 is 0 Å². The zero-order valence-corrected chi connectivity index (χ0v) is 15.7. The van der Waals surface area contributed by atoms with E-state index in [0.29, 0.717) is 22.9 Å². The number of nitrogens with one attached hydrogen (secondary N) is 3. The smallest absolute Gasteiger partial charge is 0.319 e. The SMILES string of the molecule is CC1=C(C(=O)NCc2coc(-c3ccccc3)n2)[C@H](c2cccnc2)NC(=O)N1. The van der Waals surface area contributed by atoms with E-state index < -0.39 is 6.04 Å². The summed E-state index contributed by atoms with van der Waals surface area (Å²) in [4.78, 5) is 33.3. The Bertz CT molecular complexity index is 1060. The van der Waals surface area contributed by atoms with E-state index in [1.165, 1.54) is 6.26 Å². The van der Waals surface area contributed by atoms with E-state index in [9.17, 15) is 9.59 Å². The van der Waals surface area contributed by atoms with Gasteiger partial charge in [-0.25, -0.2) is 9.78 Å². The molecule has 0 saturated carbocycles. The molecule has 3 aromatic rings. The van der Waals surface area contributed by atoms with Crippen molar-refractivity contribution in [3.8, 4) is 11.5 Å². The van der Waals surface area contributed by atoms with Crippen molar-refractivity contribution in [3.05, 3.63) is 83.6 Å². The third-order valence-electron chi connectivity index (χ3n) is 4.53. The van der Waals surface area contributed by atoms with Crippen LogP contribution < -0.4 is 16.0 Å². The van der Waals surface area contributed by atoms with Crippen LogP contribution in [-0.2, 0) is 11.3 Å². The predicted molar refractivity (Wildman–Crippen MR) is 105 cm³/mol. The molecule has 1 aromatic carbocycles. The Morgan fingerprint density at radius 2 is 2.03 bits per heavy atom. The number of hydrogen-bond acceptors (Lipinski definition) is 5. The number of pyridine rings is 1. The van der Waals surface area contributed by atoms with Gasteiger partial charge in [0.05, 0.1) is 23.9 Å². The summed E-state index contributed by atoms with van der Waals surface area (Å²) in [6.45, 7) is 1.89. The highest BCUT2D eigenvalue weighted by Crippen LogP contribution is 2.26. The quantitative estimate of drug-likeness (QED) is 0.622. The van der Waals surface area contributed by atoms with Crippen molar-refractivity contribution in [1.29, 1.82) is 0 Å². The third-order valence-corrected chi connectivity index (χ3v) is 4.53. The van der Waals surface area contributed by atoms with Crippen molar-refractivity contribution in [1.82, 2.24) is 25.9 Å². The number of aromatic nitrogens is 2. The number of amides is 3. The molecule has 8 nitrogen and oxygen atoms in total. The van der Waals surface area contributed by atoms with Crippen molar-refractivity contribution in [2.45, 2.75) is 19.5 Å². The van der Waals surface area contributed by atoms with Crippen molar-refractivity contribution in [3.63, 3.8) is 0 Å². The fraction of sp³-hybridized carbons (Fsp3) is 0.143. The molecule has 0 spiro atoms. The summed E-state index contributed by atoms with van der Waals surface area (Å²) in [7, 11) is 0. The second-order valence-corrected chi connectivity index (χ2v) is 6.55. The summed E-state index contributed by atoms with van der Waals surface area (Å²) in [6.07, 6.45) is 4.78. The number of benzene rings is 1. The van der Waals surface area contributed by atoms with Crippen LogP contribution in [0.25, 0.3) is 11.5 Å². The summed E-state index contributed by atoms with van der Waals surface area (Å²) in [5, 5.41) is 8.27. The molecular formula is C21H19N5O3. The number of urea groups is 1. The summed E-state index contributed by atoms with van der Waals surface area (Å²) in [6, 6.07) is 12.1. The first-order chi connectivity index (χ1) is 14.1. The fourth-order valence-electron chi connectivity index (χ4n) is 3.16. The molecule has 29 heavy (non-hydrogen) atoms. The van der Waals surface area contributed by atoms with Crippen LogP contribution in [0.3, 0.4) is 0 Å². The standard InChI is InChI=1S/C21H19N5O3/c1-13-17(18(26-21(28)24-13)15-8-5-9-22-10-15)19(27)23-11-16-12-29-20(25-16)14-6-3-2-4-7-14/h2-10,12,18H,11H2,1H3,(H,23,27)(H2,24,26,28)/t18-/m0/s1. The molecule has 3 heterocycles. The molecule has 1 atom stereocenters. The van der Waals surface area contributed by atoms with E-state index in [1.54, 1.807) is 25.4 Å². The van der Waals surface area contributed by atoms with Crippen LogP contribution in [0.1, 0.15) is 24.2 Å². The van der Waals surface area contributed by atoms with Crippen molar-refractivity contribution >= 4 is 11.9 Å². The molecule has 2 aromatic heterocycles. The van der Waals surface area contributed by atoms with Gasteiger partial charge in [-0.1, -0.05) is 24.3 Å². The lowest BCUT2D eigenvalue weighted by molar-refractivity contribution is -0.118. The summed E-state index contributed by atoms with van der Waals surface area (Å²) in [5.74, 6) is 0.179. The van der Waals surface area contributed by atoms with Crippen LogP contribution in [0.15, 0.2) is 76.8 Å². The van der Waals surface area contributed by atoms with E-state index in [2.05, 4.69) is 25.9 Å². The van der Waals surface area contributed by atoms with Gasteiger partial charge >= 0.3 is 6.03 Å². The first-order valence-corrected chi connectivity index (χ1v) is 9.08. The van der Waals surface area contributed by atoms with Gasteiger partial charge < -0.3 is 20.4 Å². The van der Waals surface area contributed by atoms with Crippen molar-refractivity contribution < 1.29 is 14.0 Å². The van der Waals surface area contributed by atoms with Crippen LogP contribution in [0.2, 0.25) is 0 Å². The van der Waals surface area contributed by atoms with E-state index >= 15 is 0 Å². The molecular weight excluding hydrogens is 370 g/mol. The molecule has 0 saturated heterocycles. The van der Waals surface area contributed by atoms with Gasteiger partial charge in [-0.3, -0.25) is 9.78 Å². The van der Waals surface area contributed by atoms with Gasteiger partial charge in [0.15, 0.2) is 0 Å². The second kappa shape index (κ2) is 7.97. The summed E-state index contributed by atoms with van der Waals surface area (Å²) >= 11 is 0. The molecule has 8 heteroatoms. The third kappa shape index (κ3) is 4.01. The molecule has 0 aliphatic carbocycles. The number of carbonyl (C=O) groups is 2. The molecule has 0 fully saturated rings. The number of oxazole rings is 1. The van der Waals surface area contributed by atoms with Gasteiger partial charge in [-0.2, -0.15) is 0 Å². The maximum atomic E-state index is 12.9. The second-order valence-electron chi connectivity index (χ2n) is 6.55. The number of allylic oxidation sites excluding steroid dienone is 1. The molecule has 0 bridgehead atoms. The average Bonchev–Trinajstić information content (AvgIpc) is 3.22. The highest BCUT2D eigenvalue weighted by molar-refractivity contribution is 5.98. The Hall–Kier alpha value is -3.94. The van der Waals surface area contributed by atoms with Gasteiger partial charge in [-0.05, 0) is 30.7 Å². The minimum atomic E-state index is -0.588.